The fourth-order valence-electron chi connectivity index (χ4n) is 0.941. The molecule has 0 aliphatic heterocycles. The molecule has 0 spiro atoms. The van der Waals surface area contributed by atoms with E-state index in [0.29, 0.717) is 0 Å². The number of hydrogen-bond donors (Lipinski definition) is 3. The number of amides is 1. The zero-order valence-electron chi connectivity index (χ0n) is 7.68. The van der Waals surface area contributed by atoms with Crippen LogP contribution < -0.4 is 5.32 Å². The van der Waals surface area contributed by atoms with Crippen molar-refractivity contribution in [1.82, 2.24) is 0 Å². The van der Waals surface area contributed by atoms with Crippen LogP contribution in [0.25, 0.3) is 0 Å². The van der Waals surface area contributed by atoms with E-state index in [1.54, 1.807) is 0 Å². The molecular weight excluding hydrogens is 222 g/mol. The summed E-state index contributed by atoms with van der Waals surface area (Å²) in [5.74, 6) is -1.11. The zero-order chi connectivity index (χ0) is 11.6. The van der Waals surface area contributed by atoms with Gasteiger partial charge in [-0.1, -0.05) is 0 Å². The van der Waals surface area contributed by atoms with Crippen molar-refractivity contribution < 1.29 is 22.9 Å². The lowest BCUT2D eigenvalue weighted by Crippen LogP contribution is -2.07. The number of nitrogens with one attached hydrogen (secondary N) is 1. The standard InChI is InChI=1S/C8H8NO5S/c1-5(10)9-6-2-3-7(11)8(4-6)15(12,13)14/h2,4,11H,1H3,(H,9,10)(H,12,13,14). The van der Waals surface area contributed by atoms with Crippen molar-refractivity contribution in [2.75, 3.05) is 5.32 Å². The first-order valence-electron chi connectivity index (χ1n) is 3.80. The Morgan fingerprint density at radius 3 is 2.60 bits per heavy atom. The van der Waals surface area contributed by atoms with E-state index in [1.807, 2.05) is 0 Å². The van der Waals surface area contributed by atoms with Gasteiger partial charge >= 0.3 is 0 Å². The van der Waals surface area contributed by atoms with Crippen LogP contribution >= 0.6 is 0 Å². The Labute approximate surface area is 86.3 Å². The molecule has 1 radical (unpaired) electrons. The van der Waals surface area contributed by atoms with Crippen molar-refractivity contribution in [3.05, 3.63) is 18.2 Å². The molecule has 0 atom stereocenters. The lowest BCUT2D eigenvalue weighted by atomic mass is 10.3. The van der Waals surface area contributed by atoms with Gasteiger partial charge < -0.3 is 10.4 Å². The van der Waals surface area contributed by atoms with Crippen molar-refractivity contribution in [1.29, 1.82) is 0 Å². The second-order valence-electron chi connectivity index (χ2n) is 2.76. The molecule has 0 unspecified atom stereocenters. The fourth-order valence-corrected chi connectivity index (χ4v) is 1.52. The van der Waals surface area contributed by atoms with E-state index < -0.39 is 26.7 Å². The Bertz CT molecular complexity index is 494. The van der Waals surface area contributed by atoms with Crippen molar-refractivity contribution in [2.24, 2.45) is 0 Å². The molecule has 1 rings (SSSR count). The molecule has 0 aliphatic rings. The Morgan fingerprint density at radius 1 is 1.53 bits per heavy atom. The minimum atomic E-state index is -4.52. The van der Waals surface area contributed by atoms with Crippen LogP contribution in [0.2, 0.25) is 0 Å². The molecule has 0 aromatic heterocycles. The van der Waals surface area contributed by atoms with Crippen LogP contribution in [-0.2, 0) is 14.9 Å². The third kappa shape index (κ3) is 2.93. The first-order valence-corrected chi connectivity index (χ1v) is 5.24. The SMILES string of the molecule is CC(=O)Nc1c[c]c(O)c(S(=O)(=O)O)c1. The summed E-state index contributed by atoms with van der Waals surface area (Å²) in [5, 5.41) is 11.4. The van der Waals surface area contributed by atoms with E-state index in [0.717, 1.165) is 6.07 Å². The monoisotopic (exact) mass is 230 g/mol. The quantitative estimate of drug-likeness (QED) is 0.504. The van der Waals surface area contributed by atoms with E-state index in [2.05, 4.69) is 11.4 Å². The molecule has 0 heterocycles. The lowest BCUT2D eigenvalue weighted by molar-refractivity contribution is -0.114. The maximum atomic E-state index is 10.8. The van der Waals surface area contributed by atoms with Crippen LogP contribution in [0.1, 0.15) is 6.92 Å². The summed E-state index contributed by atoms with van der Waals surface area (Å²) in [5.41, 5.74) is 0.118. The topological polar surface area (TPSA) is 104 Å². The van der Waals surface area contributed by atoms with Gasteiger partial charge in [0.2, 0.25) is 5.91 Å². The van der Waals surface area contributed by atoms with E-state index in [4.69, 9.17) is 9.66 Å². The Hall–Kier alpha value is -1.60. The highest BCUT2D eigenvalue weighted by Gasteiger charge is 2.16. The largest absolute Gasteiger partial charge is 0.506 e. The summed E-state index contributed by atoms with van der Waals surface area (Å²) in [4.78, 5) is 9.96. The molecule has 81 valence electrons. The molecule has 3 N–H and O–H groups in total. The van der Waals surface area contributed by atoms with E-state index >= 15 is 0 Å². The second kappa shape index (κ2) is 3.87. The van der Waals surface area contributed by atoms with Gasteiger partial charge in [-0.05, 0) is 12.1 Å². The van der Waals surface area contributed by atoms with Gasteiger partial charge in [0.05, 0.1) is 0 Å². The molecule has 1 aromatic rings. The first kappa shape index (κ1) is 11.5. The number of phenols is 1. The Balaban J connectivity index is 3.23. The number of phenolic OH excluding ortho intramolecular Hbond substituents is 1. The molecule has 15 heavy (non-hydrogen) atoms. The van der Waals surface area contributed by atoms with E-state index in [9.17, 15) is 13.2 Å². The van der Waals surface area contributed by atoms with Crippen LogP contribution in [0.5, 0.6) is 5.75 Å². The van der Waals surface area contributed by atoms with Gasteiger partial charge in [-0.15, -0.1) is 0 Å². The number of carbonyl (C=O) groups is 1. The molecule has 6 nitrogen and oxygen atoms in total. The normalized spacial score (nSPS) is 11.1. The molecule has 1 amide bonds. The van der Waals surface area contributed by atoms with Gasteiger partial charge in [-0.25, -0.2) is 0 Å². The van der Waals surface area contributed by atoms with Gasteiger partial charge in [0.25, 0.3) is 10.1 Å². The molecule has 0 fully saturated rings. The van der Waals surface area contributed by atoms with Gasteiger partial charge in [0.1, 0.15) is 10.6 Å². The van der Waals surface area contributed by atoms with Gasteiger partial charge in [0, 0.05) is 18.7 Å². The van der Waals surface area contributed by atoms with Gasteiger partial charge in [-0.3, -0.25) is 9.35 Å². The molecule has 0 aliphatic carbocycles. The van der Waals surface area contributed by atoms with Crippen molar-refractivity contribution in [3.63, 3.8) is 0 Å². The molecular formula is C8H8NO5S. The van der Waals surface area contributed by atoms with Crippen molar-refractivity contribution in [2.45, 2.75) is 11.8 Å². The van der Waals surface area contributed by atoms with Crippen LogP contribution in [0.15, 0.2) is 17.0 Å². The maximum Gasteiger partial charge on any atom is 0.298 e. The summed E-state index contributed by atoms with van der Waals surface area (Å²) in [6.45, 7) is 1.24. The number of benzene rings is 1. The first-order chi connectivity index (χ1) is 6.80. The maximum absolute atomic E-state index is 10.8. The molecule has 0 saturated carbocycles. The number of hydrogen-bond acceptors (Lipinski definition) is 4. The van der Waals surface area contributed by atoms with E-state index in [-0.39, 0.29) is 5.69 Å². The number of anilines is 1. The summed E-state index contributed by atoms with van der Waals surface area (Å²) in [6.07, 6.45) is 0. The number of rotatable bonds is 2. The Morgan fingerprint density at radius 2 is 2.13 bits per heavy atom. The zero-order valence-corrected chi connectivity index (χ0v) is 8.50. The predicted molar refractivity (Wildman–Crippen MR) is 51.1 cm³/mol. The predicted octanol–water partition coefficient (Wildman–Crippen LogP) is 0.397. The van der Waals surface area contributed by atoms with Crippen LogP contribution in [0.3, 0.4) is 0 Å². The number of aromatic hydroxyl groups is 1. The summed E-state index contributed by atoms with van der Waals surface area (Å²) in [7, 11) is -4.52. The highest BCUT2D eigenvalue weighted by Crippen LogP contribution is 2.24. The lowest BCUT2D eigenvalue weighted by Gasteiger charge is -2.05. The van der Waals surface area contributed by atoms with Crippen LogP contribution in [0.4, 0.5) is 5.69 Å². The highest BCUT2D eigenvalue weighted by atomic mass is 32.2. The van der Waals surface area contributed by atoms with Crippen molar-refractivity contribution >= 4 is 21.7 Å². The summed E-state index contributed by atoms with van der Waals surface area (Å²) in [6, 6.07) is 4.30. The molecule has 7 heteroatoms. The molecule has 1 aromatic carbocycles. The van der Waals surface area contributed by atoms with Crippen LogP contribution in [-0.4, -0.2) is 24.0 Å². The minimum absolute atomic E-state index is 0.118. The fraction of sp³-hybridized carbons (Fsp3) is 0.125. The summed E-state index contributed by atoms with van der Waals surface area (Å²) >= 11 is 0. The minimum Gasteiger partial charge on any atom is -0.506 e. The average molecular weight is 230 g/mol. The third-order valence-electron chi connectivity index (χ3n) is 1.48. The van der Waals surface area contributed by atoms with E-state index in [1.165, 1.54) is 13.0 Å². The van der Waals surface area contributed by atoms with Gasteiger partial charge in [0.15, 0.2) is 0 Å². The van der Waals surface area contributed by atoms with Crippen LogP contribution in [0, 0.1) is 6.07 Å². The number of carbonyl (C=O) groups excluding carboxylic acids is 1. The summed E-state index contributed by atoms with van der Waals surface area (Å²) < 4.78 is 30.2. The second-order valence-corrected chi connectivity index (χ2v) is 4.15. The highest BCUT2D eigenvalue weighted by molar-refractivity contribution is 7.86. The smallest absolute Gasteiger partial charge is 0.298 e. The Kier molecular flexibility index (Phi) is 2.96. The van der Waals surface area contributed by atoms with Crippen molar-refractivity contribution in [3.8, 4) is 5.75 Å². The average Bonchev–Trinajstić information content (AvgIpc) is 2.05. The molecule has 0 saturated heterocycles. The molecule has 0 bridgehead atoms. The third-order valence-corrected chi connectivity index (χ3v) is 2.35. The van der Waals surface area contributed by atoms with Gasteiger partial charge in [-0.2, -0.15) is 8.42 Å².